The maximum absolute atomic E-state index is 12.0. The van der Waals surface area contributed by atoms with Gasteiger partial charge in [-0.25, -0.2) is 8.42 Å². The van der Waals surface area contributed by atoms with Crippen molar-refractivity contribution in [3.05, 3.63) is 36.6 Å². The van der Waals surface area contributed by atoms with E-state index >= 15 is 0 Å². The fourth-order valence-electron chi connectivity index (χ4n) is 2.00. The van der Waals surface area contributed by atoms with Crippen molar-refractivity contribution in [3.63, 3.8) is 0 Å². The topological polar surface area (TPSA) is 55.4 Å². The van der Waals surface area contributed by atoms with Gasteiger partial charge in [-0.3, -0.25) is 0 Å². The van der Waals surface area contributed by atoms with Gasteiger partial charge in [-0.05, 0) is 31.1 Å². The molecule has 0 unspecified atom stereocenters. The van der Waals surface area contributed by atoms with Crippen LogP contribution in [-0.4, -0.2) is 26.8 Å². The molecule has 0 spiro atoms. The number of ether oxygens (including phenoxy) is 1. The molecule has 5 heteroatoms. The molecular formula is C14H19NO3S. The monoisotopic (exact) mass is 281 g/mol. The van der Waals surface area contributed by atoms with E-state index in [1.54, 1.807) is 31.4 Å². The highest BCUT2D eigenvalue weighted by Gasteiger charge is 2.17. The smallest absolute Gasteiger partial charge is 0.180 e. The quantitative estimate of drug-likeness (QED) is 0.901. The zero-order valence-corrected chi connectivity index (χ0v) is 11.8. The van der Waals surface area contributed by atoms with Crippen LogP contribution in [0.25, 0.3) is 0 Å². The molecule has 0 radical (unpaired) electrons. The van der Waals surface area contributed by atoms with Gasteiger partial charge in [0.2, 0.25) is 0 Å². The van der Waals surface area contributed by atoms with E-state index in [0.717, 1.165) is 12.8 Å². The van der Waals surface area contributed by atoms with Gasteiger partial charge in [-0.2, -0.15) is 0 Å². The Bertz CT molecular complexity index is 552. The SMILES string of the molecule is CCS(=O)(=O)c1ccccc1NC[C@H]1CCC=CO1. The van der Waals surface area contributed by atoms with Crippen LogP contribution in [0.4, 0.5) is 5.69 Å². The second-order valence-corrected chi connectivity index (χ2v) is 6.73. The molecule has 1 heterocycles. The molecule has 0 fully saturated rings. The van der Waals surface area contributed by atoms with Gasteiger partial charge in [0, 0.05) is 0 Å². The number of benzene rings is 1. The molecule has 2 rings (SSSR count). The zero-order valence-electron chi connectivity index (χ0n) is 11.0. The summed E-state index contributed by atoms with van der Waals surface area (Å²) < 4.78 is 29.4. The molecule has 0 aromatic heterocycles. The van der Waals surface area contributed by atoms with Crippen LogP contribution in [0.15, 0.2) is 41.5 Å². The van der Waals surface area contributed by atoms with Crippen molar-refractivity contribution in [2.45, 2.75) is 30.8 Å². The molecule has 1 aromatic rings. The van der Waals surface area contributed by atoms with E-state index < -0.39 is 9.84 Å². The Kier molecular flexibility index (Phi) is 4.47. The number of allylic oxidation sites excluding steroid dienone is 1. The van der Waals surface area contributed by atoms with Crippen LogP contribution in [0.1, 0.15) is 19.8 Å². The number of rotatable bonds is 5. The van der Waals surface area contributed by atoms with Crippen LogP contribution < -0.4 is 5.32 Å². The van der Waals surface area contributed by atoms with E-state index in [-0.39, 0.29) is 11.9 Å². The maximum Gasteiger partial charge on any atom is 0.180 e. The van der Waals surface area contributed by atoms with Crippen molar-refractivity contribution in [2.24, 2.45) is 0 Å². The van der Waals surface area contributed by atoms with Crippen LogP contribution in [0.2, 0.25) is 0 Å². The Balaban J connectivity index is 2.10. The first-order valence-corrected chi connectivity index (χ1v) is 8.15. The highest BCUT2D eigenvalue weighted by Crippen LogP contribution is 2.22. The average molecular weight is 281 g/mol. The van der Waals surface area contributed by atoms with E-state index in [0.29, 0.717) is 17.1 Å². The minimum Gasteiger partial charge on any atom is -0.497 e. The number of nitrogens with one attached hydrogen (secondary N) is 1. The van der Waals surface area contributed by atoms with Crippen LogP contribution >= 0.6 is 0 Å². The number of hydrogen-bond acceptors (Lipinski definition) is 4. The molecule has 0 saturated carbocycles. The van der Waals surface area contributed by atoms with Crippen LogP contribution in [0, 0.1) is 0 Å². The lowest BCUT2D eigenvalue weighted by molar-refractivity contribution is 0.135. The second-order valence-electron chi connectivity index (χ2n) is 4.49. The van der Waals surface area contributed by atoms with Gasteiger partial charge in [-0.1, -0.05) is 19.1 Å². The molecule has 19 heavy (non-hydrogen) atoms. The van der Waals surface area contributed by atoms with E-state index in [1.165, 1.54) is 0 Å². The molecule has 1 atom stereocenters. The van der Waals surface area contributed by atoms with Crippen molar-refractivity contribution in [1.29, 1.82) is 0 Å². The molecule has 1 aliphatic rings. The van der Waals surface area contributed by atoms with Gasteiger partial charge in [-0.15, -0.1) is 0 Å². The summed E-state index contributed by atoms with van der Waals surface area (Å²) in [6.45, 7) is 2.27. The summed E-state index contributed by atoms with van der Waals surface area (Å²) in [7, 11) is -3.20. The first-order valence-electron chi connectivity index (χ1n) is 6.49. The lowest BCUT2D eigenvalue weighted by Gasteiger charge is -2.21. The van der Waals surface area contributed by atoms with Gasteiger partial charge >= 0.3 is 0 Å². The Morgan fingerprint density at radius 1 is 1.37 bits per heavy atom. The van der Waals surface area contributed by atoms with Crippen LogP contribution in [0.3, 0.4) is 0 Å². The number of sulfone groups is 1. The first kappa shape index (κ1) is 13.9. The Morgan fingerprint density at radius 3 is 2.84 bits per heavy atom. The third-order valence-electron chi connectivity index (χ3n) is 3.14. The van der Waals surface area contributed by atoms with Gasteiger partial charge in [0.1, 0.15) is 6.10 Å². The van der Waals surface area contributed by atoms with Crippen LogP contribution in [-0.2, 0) is 14.6 Å². The zero-order chi connectivity index (χ0) is 13.7. The molecule has 0 amide bonds. The number of hydrogen-bond donors (Lipinski definition) is 1. The van der Waals surface area contributed by atoms with Crippen molar-refractivity contribution >= 4 is 15.5 Å². The first-order chi connectivity index (χ1) is 9.13. The summed E-state index contributed by atoms with van der Waals surface area (Å²) in [5.74, 6) is 0.106. The average Bonchev–Trinajstić information content (AvgIpc) is 2.46. The van der Waals surface area contributed by atoms with E-state index in [9.17, 15) is 8.42 Å². The van der Waals surface area contributed by atoms with Gasteiger partial charge < -0.3 is 10.1 Å². The standard InChI is InChI=1S/C14H19NO3S/c1-2-19(16,17)14-9-4-3-8-13(14)15-11-12-7-5-6-10-18-12/h3-4,6,8-10,12,15H,2,5,7,11H2,1H3/t12-/m1/s1. The minimum atomic E-state index is -3.20. The van der Waals surface area contributed by atoms with Crippen LogP contribution in [0.5, 0.6) is 0 Å². The predicted octanol–water partition coefficient (Wildman–Crippen LogP) is 2.58. The van der Waals surface area contributed by atoms with Crippen molar-refractivity contribution < 1.29 is 13.2 Å². The van der Waals surface area contributed by atoms with Crippen molar-refractivity contribution in [1.82, 2.24) is 0 Å². The minimum absolute atomic E-state index is 0.0994. The predicted molar refractivity (Wildman–Crippen MR) is 75.9 cm³/mol. The molecule has 0 saturated heterocycles. The molecular weight excluding hydrogens is 262 g/mol. The summed E-state index contributed by atoms with van der Waals surface area (Å²) in [4.78, 5) is 0.365. The Hall–Kier alpha value is -1.49. The summed E-state index contributed by atoms with van der Waals surface area (Å²) in [6.07, 6.45) is 5.76. The summed E-state index contributed by atoms with van der Waals surface area (Å²) >= 11 is 0. The van der Waals surface area contributed by atoms with Gasteiger partial charge in [0.25, 0.3) is 0 Å². The largest absolute Gasteiger partial charge is 0.497 e. The normalized spacial score (nSPS) is 18.9. The molecule has 0 bridgehead atoms. The van der Waals surface area contributed by atoms with E-state index in [1.807, 2.05) is 12.1 Å². The molecule has 4 nitrogen and oxygen atoms in total. The van der Waals surface area contributed by atoms with E-state index in [4.69, 9.17) is 4.74 Å². The molecule has 104 valence electrons. The maximum atomic E-state index is 12.0. The summed E-state index contributed by atoms with van der Waals surface area (Å²) in [6, 6.07) is 7.01. The van der Waals surface area contributed by atoms with E-state index in [2.05, 4.69) is 5.32 Å². The van der Waals surface area contributed by atoms with Crippen molar-refractivity contribution in [2.75, 3.05) is 17.6 Å². The second kappa shape index (κ2) is 6.10. The molecule has 0 aliphatic carbocycles. The third-order valence-corrected chi connectivity index (χ3v) is 4.93. The fourth-order valence-corrected chi connectivity index (χ4v) is 3.07. The van der Waals surface area contributed by atoms with Gasteiger partial charge in [0.15, 0.2) is 9.84 Å². The third kappa shape index (κ3) is 3.50. The van der Waals surface area contributed by atoms with Crippen molar-refractivity contribution in [3.8, 4) is 0 Å². The molecule has 1 aliphatic heterocycles. The summed E-state index contributed by atoms with van der Waals surface area (Å²) in [5, 5.41) is 3.19. The highest BCUT2D eigenvalue weighted by molar-refractivity contribution is 7.91. The van der Waals surface area contributed by atoms with Gasteiger partial charge in [0.05, 0.1) is 29.1 Å². The lowest BCUT2D eigenvalue weighted by Crippen LogP contribution is -2.23. The lowest BCUT2D eigenvalue weighted by atomic mass is 10.1. The molecule has 1 aromatic carbocycles. The summed E-state index contributed by atoms with van der Waals surface area (Å²) in [5.41, 5.74) is 0.655. The Morgan fingerprint density at radius 2 is 2.16 bits per heavy atom. The fraction of sp³-hybridized carbons (Fsp3) is 0.429. The number of anilines is 1. The molecule has 1 N–H and O–H groups in total. The highest BCUT2D eigenvalue weighted by atomic mass is 32.2. The number of para-hydroxylation sites is 1. The Labute approximate surface area is 114 Å².